The first-order chi connectivity index (χ1) is 7.05. The van der Waals surface area contributed by atoms with Gasteiger partial charge in [-0.2, -0.15) is 0 Å². The van der Waals surface area contributed by atoms with Crippen LogP contribution >= 0.6 is 0 Å². The van der Waals surface area contributed by atoms with Crippen molar-refractivity contribution in [2.45, 2.75) is 58.9 Å². The molecule has 0 aromatic rings. The molecule has 1 rings (SSSR count). The molecular weight excluding hydrogens is 186 g/mol. The number of aliphatic hydroxyl groups excluding tert-OH is 1. The monoisotopic (exact) mass is 213 g/mol. The molecule has 15 heavy (non-hydrogen) atoms. The van der Waals surface area contributed by atoms with E-state index in [1.807, 2.05) is 0 Å². The van der Waals surface area contributed by atoms with Crippen molar-refractivity contribution in [1.82, 2.24) is 0 Å². The Morgan fingerprint density at radius 2 is 2.07 bits per heavy atom. The van der Waals surface area contributed by atoms with Gasteiger partial charge in [0.25, 0.3) is 0 Å². The number of nitrogens with two attached hydrogens (primary N) is 1. The van der Waals surface area contributed by atoms with E-state index in [1.165, 1.54) is 19.3 Å². The first-order valence-electron chi connectivity index (χ1n) is 6.42. The first kappa shape index (κ1) is 13.0. The highest BCUT2D eigenvalue weighted by atomic mass is 16.3. The lowest BCUT2D eigenvalue weighted by atomic mass is 9.61. The summed E-state index contributed by atoms with van der Waals surface area (Å²) in [7, 11) is 0. The van der Waals surface area contributed by atoms with Gasteiger partial charge < -0.3 is 10.8 Å². The average Bonchev–Trinajstić information content (AvgIpc) is 2.23. The standard InChI is InChI=1S/C13H27NO/c1-4-12(14)13(7-8-15)6-5-10(2)11(3)9-13/h10-12,15H,4-9,14H2,1-3H3. The van der Waals surface area contributed by atoms with Crippen molar-refractivity contribution in [2.75, 3.05) is 6.61 Å². The minimum absolute atomic E-state index is 0.218. The fourth-order valence-corrected chi connectivity index (χ4v) is 3.15. The summed E-state index contributed by atoms with van der Waals surface area (Å²) in [6.07, 6.45) is 5.59. The third kappa shape index (κ3) is 2.73. The Morgan fingerprint density at radius 3 is 2.53 bits per heavy atom. The summed E-state index contributed by atoms with van der Waals surface area (Å²) < 4.78 is 0. The van der Waals surface area contributed by atoms with Crippen LogP contribution in [0.1, 0.15) is 52.9 Å². The minimum Gasteiger partial charge on any atom is -0.396 e. The molecule has 4 unspecified atom stereocenters. The van der Waals surface area contributed by atoms with Crippen LogP contribution in [0.2, 0.25) is 0 Å². The first-order valence-corrected chi connectivity index (χ1v) is 6.42. The summed E-state index contributed by atoms with van der Waals surface area (Å²) in [5, 5.41) is 9.22. The van der Waals surface area contributed by atoms with Gasteiger partial charge >= 0.3 is 0 Å². The summed E-state index contributed by atoms with van der Waals surface area (Å²) in [5.41, 5.74) is 6.48. The van der Waals surface area contributed by atoms with Crippen LogP contribution in [-0.4, -0.2) is 17.8 Å². The van der Waals surface area contributed by atoms with Crippen molar-refractivity contribution in [3.8, 4) is 0 Å². The van der Waals surface area contributed by atoms with E-state index in [1.54, 1.807) is 0 Å². The second-order valence-corrected chi connectivity index (χ2v) is 5.55. The normalized spacial score (nSPS) is 39.0. The van der Waals surface area contributed by atoms with Crippen LogP contribution in [-0.2, 0) is 0 Å². The van der Waals surface area contributed by atoms with Gasteiger partial charge in [-0.3, -0.25) is 0 Å². The fourth-order valence-electron chi connectivity index (χ4n) is 3.15. The fraction of sp³-hybridized carbons (Fsp3) is 1.00. The van der Waals surface area contributed by atoms with Crippen LogP contribution in [0.15, 0.2) is 0 Å². The molecule has 1 fully saturated rings. The summed E-state index contributed by atoms with van der Waals surface area (Å²) in [6.45, 7) is 7.12. The van der Waals surface area contributed by atoms with Crippen molar-refractivity contribution >= 4 is 0 Å². The van der Waals surface area contributed by atoms with Crippen LogP contribution in [0.4, 0.5) is 0 Å². The van der Waals surface area contributed by atoms with Crippen LogP contribution in [0.5, 0.6) is 0 Å². The molecule has 2 nitrogen and oxygen atoms in total. The molecule has 0 saturated heterocycles. The molecule has 0 amide bonds. The van der Waals surface area contributed by atoms with Crippen LogP contribution in [0.3, 0.4) is 0 Å². The molecule has 1 aliphatic carbocycles. The minimum atomic E-state index is 0.218. The van der Waals surface area contributed by atoms with Crippen molar-refractivity contribution in [2.24, 2.45) is 23.0 Å². The summed E-state index contributed by atoms with van der Waals surface area (Å²) in [5.74, 6) is 1.57. The van der Waals surface area contributed by atoms with E-state index in [0.29, 0.717) is 0 Å². The largest absolute Gasteiger partial charge is 0.396 e. The highest BCUT2D eigenvalue weighted by Crippen LogP contribution is 2.46. The summed E-state index contributed by atoms with van der Waals surface area (Å²) in [4.78, 5) is 0. The Balaban J connectivity index is 2.73. The maximum Gasteiger partial charge on any atom is 0.0436 e. The Morgan fingerprint density at radius 1 is 1.40 bits per heavy atom. The molecule has 0 aromatic carbocycles. The number of hydrogen-bond donors (Lipinski definition) is 2. The molecule has 0 heterocycles. The van der Waals surface area contributed by atoms with E-state index in [2.05, 4.69) is 20.8 Å². The lowest BCUT2D eigenvalue weighted by Gasteiger charge is -2.46. The zero-order valence-electron chi connectivity index (χ0n) is 10.5. The Bertz CT molecular complexity index is 195. The molecule has 1 saturated carbocycles. The molecular formula is C13H27NO. The van der Waals surface area contributed by atoms with Gasteiger partial charge in [0.15, 0.2) is 0 Å². The van der Waals surface area contributed by atoms with Gasteiger partial charge in [0.2, 0.25) is 0 Å². The highest BCUT2D eigenvalue weighted by Gasteiger charge is 2.40. The van der Waals surface area contributed by atoms with Gasteiger partial charge in [-0.25, -0.2) is 0 Å². The van der Waals surface area contributed by atoms with E-state index in [9.17, 15) is 5.11 Å². The summed E-state index contributed by atoms with van der Waals surface area (Å²) in [6, 6.07) is 0.264. The molecule has 1 aliphatic rings. The van der Waals surface area contributed by atoms with E-state index >= 15 is 0 Å². The Hall–Kier alpha value is -0.0800. The van der Waals surface area contributed by atoms with Gasteiger partial charge in [-0.1, -0.05) is 20.8 Å². The van der Waals surface area contributed by atoms with Crippen LogP contribution < -0.4 is 5.73 Å². The predicted octanol–water partition coefficient (Wildman–Crippen LogP) is 2.55. The average molecular weight is 213 g/mol. The smallest absolute Gasteiger partial charge is 0.0436 e. The molecule has 0 aliphatic heterocycles. The van der Waals surface area contributed by atoms with Crippen molar-refractivity contribution in [1.29, 1.82) is 0 Å². The predicted molar refractivity (Wildman–Crippen MR) is 64.6 cm³/mol. The maximum atomic E-state index is 9.22. The quantitative estimate of drug-likeness (QED) is 0.754. The molecule has 0 radical (unpaired) electrons. The third-order valence-electron chi connectivity index (χ3n) is 4.63. The molecule has 3 N–H and O–H groups in total. The number of hydrogen-bond acceptors (Lipinski definition) is 2. The van der Waals surface area contributed by atoms with Crippen LogP contribution in [0.25, 0.3) is 0 Å². The lowest BCUT2D eigenvalue weighted by Crippen LogP contribution is -2.46. The van der Waals surface area contributed by atoms with Gasteiger partial charge in [0, 0.05) is 12.6 Å². The number of rotatable bonds is 4. The molecule has 0 spiro atoms. The van der Waals surface area contributed by atoms with Gasteiger partial charge in [0.1, 0.15) is 0 Å². The van der Waals surface area contributed by atoms with Crippen molar-refractivity contribution < 1.29 is 5.11 Å². The molecule has 2 heteroatoms. The Labute approximate surface area is 94.2 Å². The SMILES string of the molecule is CCC(N)C1(CCO)CCC(C)C(C)C1. The zero-order chi connectivity index (χ0) is 11.5. The van der Waals surface area contributed by atoms with E-state index in [-0.39, 0.29) is 18.1 Å². The zero-order valence-corrected chi connectivity index (χ0v) is 10.5. The Kier molecular flexibility index (Phi) is 4.60. The van der Waals surface area contributed by atoms with Crippen molar-refractivity contribution in [3.05, 3.63) is 0 Å². The maximum absolute atomic E-state index is 9.22. The van der Waals surface area contributed by atoms with Gasteiger partial charge in [-0.15, -0.1) is 0 Å². The second kappa shape index (κ2) is 5.31. The molecule has 0 bridgehead atoms. The molecule has 0 aromatic heterocycles. The topological polar surface area (TPSA) is 46.2 Å². The number of aliphatic hydroxyl groups is 1. The van der Waals surface area contributed by atoms with E-state index in [0.717, 1.165) is 24.7 Å². The molecule has 90 valence electrons. The van der Waals surface area contributed by atoms with Crippen molar-refractivity contribution in [3.63, 3.8) is 0 Å². The lowest BCUT2D eigenvalue weighted by molar-refractivity contribution is 0.0473. The molecule has 4 atom stereocenters. The van der Waals surface area contributed by atoms with Crippen LogP contribution in [0, 0.1) is 17.3 Å². The van der Waals surface area contributed by atoms with E-state index in [4.69, 9.17) is 5.73 Å². The van der Waals surface area contributed by atoms with E-state index < -0.39 is 0 Å². The van der Waals surface area contributed by atoms with Gasteiger partial charge in [0.05, 0.1) is 0 Å². The highest BCUT2D eigenvalue weighted by molar-refractivity contribution is 4.94. The van der Waals surface area contributed by atoms with Gasteiger partial charge in [-0.05, 0) is 49.4 Å². The second-order valence-electron chi connectivity index (χ2n) is 5.55. The third-order valence-corrected chi connectivity index (χ3v) is 4.63. The summed E-state index contributed by atoms with van der Waals surface area (Å²) >= 11 is 0.